The molecule has 1 aromatic heterocycles. The highest BCUT2D eigenvalue weighted by Crippen LogP contribution is 2.30. The van der Waals surface area contributed by atoms with Gasteiger partial charge < -0.3 is 19.8 Å². The van der Waals surface area contributed by atoms with E-state index in [1.807, 2.05) is 6.07 Å². The molecule has 1 aliphatic carbocycles. The van der Waals surface area contributed by atoms with Crippen LogP contribution in [0.2, 0.25) is 0 Å². The summed E-state index contributed by atoms with van der Waals surface area (Å²) in [6, 6.07) is 13.7. The molecule has 3 aromatic rings. The number of aryl methyl sites for hydroxylation is 1. The zero-order valence-corrected chi connectivity index (χ0v) is 15.0. The van der Waals surface area contributed by atoms with Crippen LogP contribution in [0.25, 0.3) is 10.9 Å². The van der Waals surface area contributed by atoms with Crippen molar-refractivity contribution in [2.24, 2.45) is 0 Å². The highest BCUT2D eigenvalue weighted by molar-refractivity contribution is 5.95. The number of benzene rings is 2. The lowest BCUT2D eigenvalue weighted by atomic mass is 9.91. The van der Waals surface area contributed by atoms with E-state index in [1.165, 1.54) is 22.2 Å². The van der Waals surface area contributed by atoms with E-state index in [1.54, 1.807) is 32.4 Å². The van der Waals surface area contributed by atoms with Crippen LogP contribution in [0.4, 0.5) is 0 Å². The van der Waals surface area contributed by atoms with E-state index >= 15 is 0 Å². The van der Waals surface area contributed by atoms with Gasteiger partial charge in [-0.1, -0.05) is 18.2 Å². The summed E-state index contributed by atoms with van der Waals surface area (Å²) in [7, 11) is 3.15. The second kappa shape index (κ2) is 6.75. The van der Waals surface area contributed by atoms with Crippen molar-refractivity contribution in [3.05, 3.63) is 59.3 Å². The maximum absolute atomic E-state index is 12.7. The Bertz CT molecular complexity index is 961. The lowest BCUT2D eigenvalue weighted by Gasteiger charge is -2.24. The fourth-order valence-corrected chi connectivity index (χ4v) is 3.74. The smallest absolute Gasteiger partial charge is 0.251 e. The zero-order valence-electron chi connectivity index (χ0n) is 15.0. The van der Waals surface area contributed by atoms with Crippen LogP contribution in [0.15, 0.2) is 42.5 Å². The summed E-state index contributed by atoms with van der Waals surface area (Å²) in [5.41, 5.74) is 4.36. The highest BCUT2D eigenvalue weighted by Gasteiger charge is 2.24. The number of aromatic nitrogens is 1. The Kier molecular flexibility index (Phi) is 4.29. The van der Waals surface area contributed by atoms with E-state index < -0.39 is 0 Å². The molecule has 5 nitrogen and oxygen atoms in total. The fraction of sp³-hybridized carbons (Fsp3) is 0.286. The van der Waals surface area contributed by atoms with E-state index in [-0.39, 0.29) is 11.9 Å². The average molecular weight is 350 g/mol. The number of hydrogen-bond donors (Lipinski definition) is 2. The second-order valence-corrected chi connectivity index (χ2v) is 6.61. The van der Waals surface area contributed by atoms with Gasteiger partial charge in [0.25, 0.3) is 5.91 Å². The Morgan fingerprint density at radius 2 is 1.92 bits per heavy atom. The van der Waals surface area contributed by atoms with Crippen molar-refractivity contribution in [2.45, 2.75) is 25.3 Å². The molecule has 5 heteroatoms. The number of amides is 1. The van der Waals surface area contributed by atoms with Crippen molar-refractivity contribution >= 4 is 16.8 Å². The molecule has 1 unspecified atom stereocenters. The number of rotatable bonds is 4. The van der Waals surface area contributed by atoms with Crippen LogP contribution in [0.1, 0.15) is 28.0 Å². The standard InChI is InChI=1S/C21H22N2O3/c1-25-19-10-7-13(11-20(19)26-2)21(24)22-14-8-9-18-16(12-14)15-5-3-4-6-17(15)23-18/h3-7,10-11,14,23H,8-9,12H2,1-2H3,(H,22,24). The van der Waals surface area contributed by atoms with E-state index in [2.05, 4.69) is 28.5 Å². The molecule has 0 saturated carbocycles. The molecule has 0 saturated heterocycles. The topological polar surface area (TPSA) is 63.3 Å². The maximum Gasteiger partial charge on any atom is 0.251 e. The number of hydrogen-bond acceptors (Lipinski definition) is 3. The monoisotopic (exact) mass is 350 g/mol. The quantitative estimate of drug-likeness (QED) is 0.757. The van der Waals surface area contributed by atoms with Crippen molar-refractivity contribution in [1.82, 2.24) is 10.3 Å². The number of ether oxygens (including phenoxy) is 2. The van der Waals surface area contributed by atoms with Gasteiger partial charge in [-0.05, 0) is 49.1 Å². The van der Waals surface area contributed by atoms with Crippen molar-refractivity contribution in [3.8, 4) is 11.5 Å². The molecule has 0 bridgehead atoms. The zero-order chi connectivity index (χ0) is 18.1. The molecular formula is C21H22N2O3. The van der Waals surface area contributed by atoms with Crippen LogP contribution >= 0.6 is 0 Å². The van der Waals surface area contributed by atoms with Gasteiger partial charge in [-0.15, -0.1) is 0 Å². The molecule has 2 aromatic carbocycles. The lowest BCUT2D eigenvalue weighted by molar-refractivity contribution is 0.0933. The van der Waals surface area contributed by atoms with Gasteiger partial charge in [0, 0.05) is 28.2 Å². The summed E-state index contributed by atoms with van der Waals surface area (Å²) >= 11 is 0. The molecule has 26 heavy (non-hydrogen) atoms. The summed E-state index contributed by atoms with van der Waals surface area (Å²) in [4.78, 5) is 16.2. The van der Waals surface area contributed by atoms with E-state index in [9.17, 15) is 4.79 Å². The van der Waals surface area contributed by atoms with Crippen LogP contribution in [0.5, 0.6) is 11.5 Å². The number of fused-ring (bicyclic) bond motifs is 3. The van der Waals surface area contributed by atoms with Crippen molar-refractivity contribution in [1.29, 1.82) is 0 Å². The van der Waals surface area contributed by atoms with Gasteiger partial charge >= 0.3 is 0 Å². The first-order chi connectivity index (χ1) is 12.7. The molecule has 1 heterocycles. The van der Waals surface area contributed by atoms with Gasteiger partial charge in [0.1, 0.15) is 0 Å². The van der Waals surface area contributed by atoms with Crippen molar-refractivity contribution in [2.75, 3.05) is 14.2 Å². The Balaban J connectivity index is 1.52. The number of para-hydroxylation sites is 1. The second-order valence-electron chi connectivity index (χ2n) is 6.61. The SMILES string of the molecule is COc1ccc(C(=O)NC2CCc3[nH]c4ccccc4c3C2)cc1OC. The third-order valence-corrected chi connectivity index (χ3v) is 5.08. The van der Waals surface area contributed by atoms with E-state index in [0.29, 0.717) is 17.1 Å². The highest BCUT2D eigenvalue weighted by atomic mass is 16.5. The van der Waals surface area contributed by atoms with Gasteiger partial charge in [0.2, 0.25) is 0 Å². The number of methoxy groups -OCH3 is 2. The lowest BCUT2D eigenvalue weighted by Crippen LogP contribution is -2.38. The fourth-order valence-electron chi connectivity index (χ4n) is 3.74. The summed E-state index contributed by atoms with van der Waals surface area (Å²) < 4.78 is 10.5. The summed E-state index contributed by atoms with van der Waals surface area (Å²) in [6.45, 7) is 0. The molecule has 4 rings (SSSR count). The number of carbonyl (C=O) groups excluding carboxylic acids is 1. The first kappa shape index (κ1) is 16.5. The molecule has 134 valence electrons. The largest absolute Gasteiger partial charge is 0.493 e. The molecule has 1 amide bonds. The Morgan fingerprint density at radius 3 is 2.73 bits per heavy atom. The number of nitrogens with one attached hydrogen (secondary N) is 2. The minimum Gasteiger partial charge on any atom is -0.493 e. The predicted molar refractivity (Wildman–Crippen MR) is 101 cm³/mol. The van der Waals surface area contributed by atoms with Crippen LogP contribution in [0.3, 0.4) is 0 Å². The van der Waals surface area contributed by atoms with Crippen molar-refractivity contribution in [3.63, 3.8) is 0 Å². The number of carbonyl (C=O) groups is 1. The Morgan fingerprint density at radius 1 is 1.12 bits per heavy atom. The minimum atomic E-state index is -0.0840. The third kappa shape index (κ3) is 2.90. The van der Waals surface area contributed by atoms with Gasteiger partial charge in [0.05, 0.1) is 14.2 Å². The van der Waals surface area contributed by atoms with Gasteiger partial charge in [-0.25, -0.2) is 0 Å². The third-order valence-electron chi connectivity index (χ3n) is 5.08. The predicted octanol–water partition coefficient (Wildman–Crippen LogP) is 3.47. The first-order valence-corrected chi connectivity index (χ1v) is 8.81. The normalized spacial score (nSPS) is 16.2. The molecule has 0 fully saturated rings. The molecular weight excluding hydrogens is 328 g/mol. The Hall–Kier alpha value is -2.95. The molecule has 1 atom stereocenters. The van der Waals surface area contributed by atoms with Gasteiger partial charge in [0.15, 0.2) is 11.5 Å². The summed E-state index contributed by atoms with van der Waals surface area (Å²) in [5, 5.41) is 4.43. The van der Waals surface area contributed by atoms with Gasteiger partial charge in [-0.3, -0.25) is 4.79 Å². The summed E-state index contributed by atoms with van der Waals surface area (Å²) in [5.74, 6) is 1.09. The molecule has 0 spiro atoms. The molecule has 2 N–H and O–H groups in total. The van der Waals surface area contributed by atoms with Crippen LogP contribution in [-0.2, 0) is 12.8 Å². The number of aromatic amines is 1. The van der Waals surface area contributed by atoms with Crippen molar-refractivity contribution < 1.29 is 14.3 Å². The van der Waals surface area contributed by atoms with Crippen LogP contribution in [-0.4, -0.2) is 31.2 Å². The van der Waals surface area contributed by atoms with Crippen LogP contribution < -0.4 is 14.8 Å². The Labute approximate surface area is 152 Å². The average Bonchev–Trinajstić information content (AvgIpc) is 3.05. The van der Waals surface area contributed by atoms with E-state index in [0.717, 1.165) is 19.3 Å². The van der Waals surface area contributed by atoms with Crippen LogP contribution in [0, 0.1) is 0 Å². The van der Waals surface area contributed by atoms with E-state index in [4.69, 9.17) is 9.47 Å². The minimum absolute atomic E-state index is 0.0840. The summed E-state index contributed by atoms with van der Waals surface area (Å²) in [6.07, 6.45) is 2.72. The number of H-pyrrole nitrogens is 1. The molecule has 0 aliphatic heterocycles. The first-order valence-electron chi connectivity index (χ1n) is 8.81. The maximum atomic E-state index is 12.7. The van der Waals surface area contributed by atoms with Gasteiger partial charge in [-0.2, -0.15) is 0 Å². The molecule has 0 radical (unpaired) electrons. The molecule has 1 aliphatic rings.